The highest BCUT2D eigenvalue weighted by Crippen LogP contribution is 2.07. The number of Topliss-reactive ketones (excluding diaryl/α,β-unsaturated/α-hetero) is 1. The molecule has 6 heteroatoms. The predicted molar refractivity (Wildman–Crippen MR) is 44.1 cm³/mol. The number of allylic oxidation sites excluding steroid dienone is 2. The molecule has 13 heavy (non-hydrogen) atoms. The van der Waals surface area contributed by atoms with E-state index >= 15 is 0 Å². The Bertz CT molecular complexity index is 321. The van der Waals surface area contributed by atoms with Gasteiger partial charge in [-0.05, 0) is 12.2 Å². The van der Waals surface area contributed by atoms with Crippen LogP contribution in [0.15, 0.2) is 24.0 Å². The Morgan fingerprint density at radius 3 is 2.62 bits per heavy atom. The maximum Gasteiger partial charge on any atom is 0.376 e. The van der Waals surface area contributed by atoms with Crippen LogP contribution < -0.4 is 16.8 Å². The van der Waals surface area contributed by atoms with E-state index < -0.39 is 17.4 Å². The molecule has 0 aromatic rings. The second-order valence-electron chi connectivity index (χ2n) is 2.61. The summed E-state index contributed by atoms with van der Waals surface area (Å²) in [5.41, 5.74) is 9.04. The van der Waals surface area contributed by atoms with Crippen LogP contribution in [0.25, 0.3) is 0 Å². The monoisotopic (exact) mass is 183 g/mol. The highest BCUT2D eigenvalue weighted by atomic mass is 16.4. The lowest BCUT2D eigenvalue weighted by atomic mass is 10.0. The molecule has 0 aromatic carbocycles. The minimum Gasteiger partial charge on any atom is -0.475 e. The molecule has 1 unspecified atom stereocenters. The molecule has 0 fully saturated rings. The van der Waals surface area contributed by atoms with E-state index in [1.807, 2.05) is 0 Å². The lowest BCUT2D eigenvalue weighted by Gasteiger charge is -2.27. The highest BCUT2D eigenvalue weighted by Gasteiger charge is 2.37. The SMILES string of the molecule is NC1=CC=CC(N)(C(=O)C(=O)O)N1. The molecule has 1 rings (SSSR count). The summed E-state index contributed by atoms with van der Waals surface area (Å²) in [6.45, 7) is 0. The van der Waals surface area contributed by atoms with Crippen molar-refractivity contribution in [3.8, 4) is 0 Å². The molecule has 0 amide bonds. The Morgan fingerprint density at radius 1 is 1.54 bits per heavy atom. The van der Waals surface area contributed by atoms with Gasteiger partial charge in [-0.1, -0.05) is 6.08 Å². The fourth-order valence-corrected chi connectivity index (χ4v) is 0.935. The van der Waals surface area contributed by atoms with E-state index in [1.54, 1.807) is 0 Å². The zero-order valence-electron chi connectivity index (χ0n) is 6.65. The first-order valence-corrected chi connectivity index (χ1v) is 3.45. The van der Waals surface area contributed by atoms with Gasteiger partial charge in [0.05, 0.1) is 5.82 Å². The molecule has 0 saturated carbocycles. The molecule has 0 bridgehead atoms. The van der Waals surface area contributed by atoms with Gasteiger partial charge in [0.2, 0.25) is 0 Å². The molecule has 0 saturated heterocycles. The molecular weight excluding hydrogens is 174 g/mol. The van der Waals surface area contributed by atoms with E-state index in [-0.39, 0.29) is 5.82 Å². The van der Waals surface area contributed by atoms with Crippen LogP contribution in [0.1, 0.15) is 0 Å². The van der Waals surface area contributed by atoms with Crippen molar-refractivity contribution in [1.82, 2.24) is 5.32 Å². The van der Waals surface area contributed by atoms with E-state index in [0.29, 0.717) is 0 Å². The molecular formula is C7H9N3O3. The average molecular weight is 183 g/mol. The van der Waals surface area contributed by atoms with Crippen molar-refractivity contribution in [3.63, 3.8) is 0 Å². The Labute approximate surface area is 73.9 Å². The molecule has 0 spiro atoms. The predicted octanol–water partition coefficient (Wildman–Crippen LogP) is -1.75. The molecule has 1 aliphatic rings. The number of rotatable bonds is 2. The molecule has 1 aliphatic heterocycles. The van der Waals surface area contributed by atoms with Crippen molar-refractivity contribution in [3.05, 3.63) is 24.0 Å². The summed E-state index contributed by atoms with van der Waals surface area (Å²) in [5, 5.41) is 10.8. The van der Waals surface area contributed by atoms with Crippen molar-refractivity contribution in [1.29, 1.82) is 0 Å². The number of nitrogens with two attached hydrogens (primary N) is 2. The van der Waals surface area contributed by atoms with Gasteiger partial charge in [-0.3, -0.25) is 10.5 Å². The topological polar surface area (TPSA) is 118 Å². The van der Waals surface area contributed by atoms with E-state index in [1.165, 1.54) is 18.2 Å². The number of ketones is 1. The third-order valence-electron chi connectivity index (χ3n) is 1.56. The zero-order chi connectivity index (χ0) is 10.1. The summed E-state index contributed by atoms with van der Waals surface area (Å²) in [6, 6.07) is 0. The fraction of sp³-hybridized carbons (Fsp3) is 0.143. The second kappa shape index (κ2) is 2.91. The lowest BCUT2D eigenvalue weighted by Crippen LogP contribution is -2.61. The van der Waals surface area contributed by atoms with Crippen LogP contribution in [-0.2, 0) is 9.59 Å². The van der Waals surface area contributed by atoms with Gasteiger partial charge in [-0.25, -0.2) is 4.79 Å². The number of carboxylic acids is 1. The molecule has 6 nitrogen and oxygen atoms in total. The number of carbonyl (C=O) groups is 2. The number of carbonyl (C=O) groups excluding carboxylic acids is 1. The number of dihydropyridines is 1. The van der Waals surface area contributed by atoms with E-state index in [2.05, 4.69) is 5.32 Å². The molecule has 0 aromatic heterocycles. The Balaban J connectivity index is 2.92. The van der Waals surface area contributed by atoms with E-state index in [9.17, 15) is 9.59 Å². The quantitative estimate of drug-likeness (QED) is 0.377. The Hall–Kier alpha value is -1.82. The van der Waals surface area contributed by atoms with Gasteiger partial charge in [-0.2, -0.15) is 0 Å². The van der Waals surface area contributed by atoms with Crippen LogP contribution in [0.2, 0.25) is 0 Å². The Morgan fingerprint density at radius 2 is 2.15 bits per heavy atom. The largest absolute Gasteiger partial charge is 0.475 e. The Kier molecular flexibility index (Phi) is 2.07. The smallest absolute Gasteiger partial charge is 0.376 e. The molecule has 0 aliphatic carbocycles. The number of aliphatic carboxylic acids is 1. The normalized spacial score (nSPS) is 26.1. The van der Waals surface area contributed by atoms with Crippen molar-refractivity contribution in [2.45, 2.75) is 5.66 Å². The highest BCUT2D eigenvalue weighted by molar-refractivity contribution is 6.36. The average Bonchev–Trinajstić information content (AvgIpc) is 2.02. The minimum atomic E-state index is -1.73. The maximum absolute atomic E-state index is 11.0. The van der Waals surface area contributed by atoms with Crippen molar-refractivity contribution < 1.29 is 14.7 Å². The molecule has 6 N–H and O–H groups in total. The fourth-order valence-electron chi connectivity index (χ4n) is 0.935. The summed E-state index contributed by atoms with van der Waals surface area (Å²) in [5.74, 6) is -2.60. The second-order valence-corrected chi connectivity index (χ2v) is 2.61. The summed E-state index contributed by atoms with van der Waals surface area (Å²) in [4.78, 5) is 21.4. The maximum atomic E-state index is 11.0. The van der Waals surface area contributed by atoms with Gasteiger partial charge in [-0.15, -0.1) is 0 Å². The van der Waals surface area contributed by atoms with Crippen molar-refractivity contribution in [2.75, 3.05) is 0 Å². The first kappa shape index (κ1) is 9.27. The zero-order valence-corrected chi connectivity index (χ0v) is 6.65. The number of hydrogen-bond acceptors (Lipinski definition) is 5. The first-order chi connectivity index (χ1) is 5.96. The van der Waals surface area contributed by atoms with Gasteiger partial charge in [0.15, 0.2) is 5.66 Å². The van der Waals surface area contributed by atoms with Crippen LogP contribution in [0.4, 0.5) is 0 Å². The van der Waals surface area contributed by atoms with Crippen molar-refractivity contribution >= 4 is 11.8 Å². The summed E-state index contributed by atoms with van der Waals surface area (Å²) in [7, 11) is 0. The molecule has 70 valence electrons. The van der Waals surface area contributed by atoms with Crippen LogP contribution >= 0.6 is 0 Å². The molecule has 1 heterocycles. The van der Waals surface area contributed by atoms with Gasteiger partial charge < -0.3 is 16.2 Å². The van der Waals surface area contributed by atoms with Gasteiger partial charge in [0, 0.05) is 0 Å². The summed E-state index contributed by atoms with van der Waals surface area (Å²) in [6.07, 6.45) is 4.13. The standard InChI is InChI=1S/C7H9N3O3/c8-4-2-1-3-7(9,10-4)5(11)6(12)13/h1-3,10H,8-9H2,(H,12,13). The van der Waals surface area contributed by atoms with Crippen LogP contribution in [0, 0.1) is 0 Å². The summed E-state index contributed by atoms with van der Waals surface area (Å²) < 4.78 is 0. The third-order valence-corrected chi connectivity index (χ3v) is 1.56. The number of hydrogen-bond donors (Lipinski definition) is 4. The third kappa shape index (κ3) is 1.67. The minimum absolute atomic E-state index is 0.152. The van der Waals surface area contributed by atoms with E-state index in [4.69, 9.17) is 16.6 Å². The lowest BCUT2D eigenvalue weighted by molar-refractivity contribution is -0.151. The van der Waals surface area contributed by atoms with Crippen LogP contribution in [-0.4, -0.2) is 22.5 Å². The molecule has 1 atom stereocenters. The van der Waals surface area contributed by atoms with E-state index in [0.717, 1.165) is 0 Å². The summed E-state index contributed by atoms with van der Waals surface area (Å²) >= 11 is 0. The number of carboxylic acid groups (broad SMARTS) is 1. The van der Waals surface area contributed by atoms with Gasteiger partial charge >= 0.3 is 5.97 Å². The van der Waals surface area contributed by atoms with Crippen molar-refractivity contribution in [2.24, 2.45) is 11.5 Å². The van der Waals surface area contributed by atoms with Gasteiger partial charge in [0.25, 0.3) is 5.78 Å². The molecule has 0 radical (unpaired) electrons. The van der Waals surface area contributed by atoms with Crippen LogP contribution in [0.3, 0.4) is 0 Å². The van der Waals surface area contributed by atoms with Crippen LogP contribution in [0.5, 0.6) is 0 Å². The van der Waals surface area contributed by atoms with Gasteiger partial charge in [0.1, 0.15) is 0 Å². The number of nitrogens with one attached hydrogen (secondary N) is 1. The first-order valence-electron chi connectivity index (χ1n) is 3.45.